The molecule has 0 unspecified atom stereocenters. The second-order valence-corrected chi connectivity index (χ2v) is 7.33. The third-order valence-electron chi connectivity index (χ3n) is 4.61. The number of hydrogen-bond acceptors (Lipinski definition) is 3. The first-order valence-electron chi connectivity index (χ1n) is 8.24. The minimum Gasteiger partial charge on any atom is -0.340 e. The van der Waals surface area contributed by atoms with E-state index in [1.807, 2.05) is 11.8 Å². The number of piperazine rings is 1. The first kappa shape index (κ1) is 17.5. The molecule has 2 fully saturated rings. The number of carbonyl (C=O) groups is 2. The molecule has 2 aliphatic rings. The number of anilines is 1. The molecule has 1 aromatic carbocycles. The summed E-state index contributed by atoms with van der Waals surface area (Å²) in [6.45, 7) is 4.68. The molecule has 5 nitrogen and oxygen atoms in total. The van der Waals surface area contributed by atoms with Gasteiger partial charge in [0.25, 0.3) is 0 Å². The maximum absolute atomic E-state index is 12.4. The maximum atomic E-state index is 12.4. The molecule has 2 amide bonds. The molecule has 1 aromatic rings. The molecule has 1 saturated heterocycles. The Labute approximate surface area is 151 Å². The highest BCUT2D eigenvalue weighted by Gasteiger charge is 2.35. The van der Waals surface area contributed by atoms with E-state index in [1.165, 1.54) is 0 Å². The predicted molar refractivity (Wildman–Crippen MR) is 95.4 cm³/mol. The van der Waals surface area contributed by atoms with Crippen LogP contribution in [0.15, 0.2) is 18.2 Å². The van der Waals surface area contributed by atoms with Crippen LogP contribution in [0.4, 0.5) is 5.69 Å². The Morgan fingerprint density at radius 2 is 1.67 bits per heavy atom. The highest BCUT2D eigenvalue weighted by molar-refractivity contribution is 6.35. The summed E-state index contributed by atoms with van der Waals surface area (Å²) < 4.78 is 0. The number of carbonyl (C=O) groups excluding carboxylic acids is 2. The van der Waals surface area contributed by atoms with Crippen molar-refractivity contribution in [3.8, 4) is 0 Å². The average Bonchev–Trinajstić information content (AvgIpc) is 3.37. The van der Waals surface area contributed by atoms with Gasteiger partial charge >= 0.3 is 0 Å². The quantitative estimate of drug-likeness (QED) is 0.887. The van der Waals surface area contributed by atoms with Gasteiger partial charge in [-0.05, 0) is 38.0 Å². The van der Waals surface area contributed by atoms with Crippen molar-refractivity contribution in [1.29, 1.82) is 0 Å². The fraction of sp³-hybridized carbons (Fsp3) is 0.529. The molecule has 1 saturated carbocycles. The van der Waals surface area contributed by atoms with Gasteiger partial charge in [-0.25, -0.2) is 0 Å². The van der Waals surface area contributed by atoms with Gasteiger partial charge in [0.05, 0.1) is 6.04 Å². The van der Waals surface area contributed by atoms with Crippen LogP contribution in [0.1, 0.15) is 19.8 Å². The van der Waals surface area contributed by atoms with E-state index < -0.39 is 0 Å². The number of hydrogen-bond donors (Lipinski definition) is 1. The van der Waals surface area contributed by atoms with Gasteiger partial charge in [0, 0.05) is 47.8 Å². The molecule has 0 spiro atoms. The molecule has 0 bridgehead atoms. The Balaban J connectivity index is 1.53. The van der Waals surface area contributed by atoms with Crippen molar-refractivity contribution in [3.63, 3.8) is 0 Å². The lowest BCUT2D eigenvalue weighted by molar-refractivity contribution is -0.135. The van der Waals surface area contributed by atoms with Gasteiger partial charge in [-0.2, -0.15) is 0 Å². The lowest BCUT2D eigenvalue weighted by atomic mass is 10.2. The second-order valence-electron chi connectivity index (χ2n) is 6.46. The van der Waals surface area contributed by atoms with Crippen molar-refractivity contribution < 1.29 is 9.59 Å². The summed E-state index contributed by atoms with van der Waals surface area (Å²) in [6, 6.07) is 4.69. The molecule has 24 heavy (non-hydrogen) atoms. The average molecular weight is 370 g/mol. The zero-order valence-electron chi connectivity index (χ0n) is 13.6. The number of rotatable bonds is 4. The molecular weight excluding hydrogens is 349 g/mol. The molecular formula is C17H21Cl2N3O2. The van der Waals surface area contributed by atoms with Crippen molar-refractivity contribution in [2.24, 2.45) is 5.92 Å². The van der Waals surface area contributed by atoms with E-state index in [1.54, 1.807) is 18.2 Å². The van der Waals surface area contributed by atoms with Crippen molar-refractivity contribution >= 4 is 40.7 Å². The van der Waals surface area contributed by atoms with Crippen LogP contribution in [-0.2, 0) is 9.59 Å². The summed E-state index contributed by atoms with van der Waals surface area (Å²) in [5, 5.41) is 3.82. The molecule has 130 valence electrons. The maximum Gasteiger partial charge on any atom is 0.241 e. The van der Waals surface area contributed by atoms with Gasteiger partial charge in [-0.1, -0.05) is 23.2 Å². The fourth-order valence-electron chi connectivity index (χ4n) is 2.96. The highest BCUT2D eigenvalue weighted by Crippen LogP contribution is 2.31. The van der Waals surface area contributed by atoms with Crippen molar-refractivity contribution in [3.05, 3.63) is 28.2 Å². The Kier molecular flexibility index (Phi) is 5.33. The minimum absolute atomic E-state index is 0.102. The van der Waals surface area contributed by atoms with E-state index in [0.29, 0.717) is 41.9 Å². The van der Waals surface area contributed by atoms with E-state index >= 15 is 0 Å². The molecule has 1 aliphatic carbocycles. The monoisotopic (exact) mass is 369 g/mol. The number of halogens is 2. The van der Waals surface area contributed by atoms with E-state index in [0.717, 1.165) is 12.8 Å². The molecule has 3 rings (SSSR count). The summed E-state index contributed by atoms with van der Waals surface area (Å²) in [6.07, 6.45) is 2.06. The van der Waals surface area contributed by atoms with Crippen LogP contribution in [0.5, 0.6) is 0 Å². The molecule has 1 atom stereocenters. The van der Waals surface area contributed by atoms with Crippen LogP contribution in [0, 0.1) is 5.92 Å². The molecule has 7 heteroatoms. The van der Waals surface area contributed by atoms with Gasteiger partial charge in [-0.3, -0.25) is 14.5 Å². The Morgan fingerprint density at radius 3 is 2.21 bits per heavy atom. The fourth-order valence-corrected chi connectivity index (χ4v) is 3.48. The van der Waals surface area contributed by atoms with E-state index in [2.05, 4.69) is 10.2 Å². The Hall–Kier alpha value is -1.30. The van der Waals surface area contributed by atoms with Crippen LogP contribution >= 0.6 is 23.2 Å². The van der Waals surface area contributed by atoms with E-state index in [-0.39, 0.29) is 23.8 Å². The molecule has 1 heterocycles. The van der Waals surface area contributed by atoms with Crippen LogP contribution in [0.2, 0.25) is 10.0 Å². The lowest BCUT2D eigenvalue weighted by Gasteiger charge is -2.37. The number of nitrogens with one attached hydrogen (secondary N) is 1. The van der Waals surface area contributed by atoms with Gasteiger partial charge in [0.2, 0.25) is 11.8 Å². The summed E-state index contributed by atoms with van der Waals surface area (Å²) in [5.41, 5.74) is 0.590. The second kappa shape index (κ2) is 7.30. The Bertz CT molecular complexity index is 620. The largest absolute Gasteiger partial charge is 0.340 e. The van der Waals surface area contributed by atoms with Gasteiger partial charge in [0.15, 0.2) is 0 Å². The van der Waals surface area contributed by atoms with Crippen molar-refractivity contribution in [2.45, 2.75) is 25.8 Å². The van der Waals surface area contributed by atoms with Gasteiger partial charge in [0.1, 0.15) is 0 Å². The van der Waals surface area contributed by atoms with Gasteiger partial charge < -0.3 is 10.2 Å². The summed E-state index contributed by atoms with van der Waals surface area (Å²) in [5.74, 6) is 0.431. The predicted octanol–water partition coefficient (Wildman–Crippen LogP) is 2.87. The third-order valence-corrected chi connectivity index (χ3v) is 5.05. The van der Waals surface area contributed by atoms with Crippen LogP contribution < -0.4 is 5.32 Å². The van der Waals surface area contributed by atoms with Crippen molar-refractivity contribution in [1.82, 2.24) is 9.80 Å². The standard InChI is InChI=1S/C17H21Cl2N3O2/c1-11(16(23)20-15-9-13(18)8-14(19)10-15)21-4-6-22(7-5-21)17(24)12-2-3-12/h8-12H,2-7H2,1H3,(H,20,23)/t11-/m1/s1. The smallest absolute Gasteiger partial charge is 0.241 e. The molecule has 1 aliphatic heterocycles. The number of benzene rings is 1. The molecule has 0 radical (unpaired) electrons. The molecule has 0 aromatic heterocycles. The SMILES string of the molecule is C[C@H](C(=O)Nc1cc(Cl)cc(Cl)c1)N1CCN(C(=O)C2CC2)CC1. The summed E-state index contributed by atoms with van der Waals surface area (Å²) >= 11 is 11.9. The molecule has 1 N–H and O–H groups in total. The van der Waals surface area contributed by atoms with Crippen LogP contribution in [0.25, 0.3) is 0 Å². The highest BCUT2D eigenvalue weighted by atomic mass is 35.5. The lowest BCUT2D eigenvalue weighted by Crippen LogP contribution is -2.54. The number of nitrogens with zero attached hydrogens (tertiary/aromatic N) is 2. The first-order valence-corrected chi connectivity index (χ1v) is 8.99. The zero-order chi connectivity index (χ0) is 17.3. The minimum atomic E-state index is -0.277. The first-order chi connectivity index (χ1) is 11.4. The normalized spacial score (nSPS) is 19.9. The van der Waals surface area contributed by atoms with E-state index in [9.17, 15) is 9.59 Å². The Morgan fingerprint density at radius 1 is 1.08 bits per heavy atom. The number of amides is 2. The zero-order valence-corrected chi connectivity index (χ0v) is 15.1. The summed E-state index contributed by atoms with van der Waals surface area (Å²) in [4.78, 5) is 28.5. The van der Waals surface area contributed by atoms with Gasteiger partial charge in [-0.15, -0.1) is 0 Å². The topological polar surface area (TPSA) is 52.7 Å². The summed E-state index contributed by atoms with van der Waals surface area (Å²) in [7, 11) is 0. The van der Waals surface area contributed by atoms with Crippen LogP contribution in [-0.4, -0.2) is 53.8 Å². The third kappa shape index (κ3) is 4.21. The van der Waals surface area contributed by atoms with Crippen molar-refractivity contribution in [2.75, 3.05) is 31.5 Å². The van der Waals surface area contributed by atoms with E-state index in [4.69, 9.17) is 23.2 Å². The van der Waals surface area contributed by atoms with Crippen LogP contribution in [0.3, 0.4) is 0 Å².